The van der Waals surface area contributed by atoms with Crippen molar-refractivity contribution in [3.8, 4) is 5.75 Å². The van der Waals surface area contributed by atoms with Crippen molar-refractivity contribution in [2.45, 2.75) is 89.6 Å². The van der Waals surface area contributed by atoms with Gasteiger partial charge >= 0.3 is 32.2 Å². The molecular formula is C86H84BBrF9N6O9S2. The smallest absolute Gasteiger partial charge is 0.537 e. The van der Waals surface area contributed by atoms with Gasteiger partial charge in [-0.25, -0.2) is 14.8 Å². The average molecular weight is 1670 g/mol. The molecule has 0 unspecified atom stereocenters. The zero-order chi connectivity index (χ0) is 82.1. The molecule has 0 spiro atoms. The zero-order valence-electron chi connectivity index (χ0n) is 62.6. The number of carbonyl (C=O) groups is 6. The van der Waals surface area contributed by atoms with Crippen LogP contribution in [0.2, 0.25) is 0 Å². The van der Waals surface area contributed by atoms with Gasteiger partial charge in [-0.05, 0) is 202 Å². The molecule has 4 aliphatic rings. The second kappa shape index (κ2) is 41.8. The van der Waals surface area contributed by atoms with Crippen LogP contribution in [-0.4, -0.2) is 130 Å². The second-order valence-electron chi connectivity index (χ2n) is 27.8. The number of rotatable bonds is 17. The Morgan fingerprint density at radius 1 is 0.465 bits per heavy atom. The van der Waals surface area contributed by atoms with Gasteiger partial charge in [0.15, 0.2) is 21.6 Å². The molecule has 4 saturated heterocycles. The standard InChI is InChI=1S/C27H26F3N3O2S.C16H13F3O.C15H11F3O2.C12H17N3OS.C9H9BrO.C7H8BO2/c28-27(29,30)23-3-1-2-19(15-23)14-18-4-6-21(7-5-18)25(34)33-16-22(17-33)20-8-11-32(12-9-20)26(35)24-31-10-13-36-24;1-11(20)14-7-5-12(6-8-14)9-13-3-2-4-15(10-13)16(17,18)19;16-15(17,18)13-3-1-2-11(9-13)8-10-4-6-12(7-5-10)14(19)20;16-12(11-14-3-6-17-11)15-4-1-9(2-5-15)10-7-13-8-10;1-7(11)9-4-2-8(6-10)3-5-9;1-6-3-2-4-7(5-6)10-8-9/h1-7,10,13,15,20,22H,8-9,11-12,14,16-17H2;2-8,10H,9H2,1H3;1-7,9H,8H2,(H,19,20);3,6,9-10,13H,1-2,4-5,7-8H2;2-5H,6H2,1H3;2-5,9H,1H3. The maximum absolute atomic E-state index is 13.0. The van der Waals surface area contributed by atoms with E-state index in [4.69, 9.17) is 14.8 Å². The Kier molecular flexibility index (Phi) is 32.2. The van der Waals surface area contributed by atoms with Crippen molar-refractivity contribution >= 4 is 81.5 Å². The summed E-state index contributed by atoms with van der Waals surface area (Å²) in [6, 6.07) is 50.8. The van der Waals surface area contributed by atoms with Crippen molar-refractivity contribution in [1.82, 2.24) is 30.0 Å². The SMILES string of the molecule is CC(=O)c1ccc(CBr)cc1.CC(=O)c1ccc(Cc2cccc(C(F)(F)F)c2)cc1.Cc1cccc(O[B]O)c1.O=C(O)c1ccc(Cc2cccc(C(F)(F)F)c2)cc1.O=C(c1ccc(Cc2cccc(C(F)(F)F)c2)cc1)N1CC(C2CCN(C(=O)c3nccs3)CC2)C1.O=C(c1nccs1)N1CCC(C2CNC2)CC1. The molecule has 597 valence electrons. The molecule has 0 bridgehead atoms. The van der Waals surface area contributed by atoms with Gasteiger partial charge in [0.2, 0.25) is 0 Å². The maximum Gasteiger partial charge on any atom is 0.569 e. The van der Waals surface area contributed by atoms with Crippen molar-refractivity contribution < 1.29 is 83.1 Å². The minimum Gasteiger partial charge on any atom is -0.537 e. The van der Waals surface area contributed by atoms with Gasteiger partial charge in [0.25, 0.3) is 17.7 Å². The van der Waals surface area contributed by atoms with E-state index in [2.05, 4.69) is 31.2 Å². The molecule has 4 fully saturated rings. The van der Waals surface area contributed by atoms with Crippen LogP contribution in [0.4, 0.5) is 39.5 Å². The lowest BCUT2D eigenvalue weighted by Crippen LogP contribution is -2.54. The van der Waals surface area contributed by atoms with Gasteiger partial charge in [-0.3, -0.25) is 24.0 Å². The van der Waals surface area contributed by atoms with Crippen LogP contribution >= 0.6 is 38.6 Å². The lowest BCUT2D eigenvalue weighted by molar-refractivity contribution is -0.138. The molecule has 0 saturated carbocycles. The molecular weight excluding hydrogens is 1590 g/mol. The van der Waals surface area contributed by atoms with Crippen molar-refractivity contribution in [3.05, 3.63) is 311 Å². The number of piperidine rings is 2. The summed E-state index contributed by atoms with van der Waals surface area (Å²) in [5.41, 5.74) is 6.61. The minimum atomic E-state index is -4.36. The Hall–Kier alpha value is -10.1. The van der Waals surface area contributed by atoms with Gasteiger partial charge in [0.05, 0.1) is 22.3 Å². The third-order valence-corrected chi connectivity index (χ3v) is 21.8. The van der Waals surface area contributed by atoms with Gasteiger partial charge in [-0.1, -0.05) is 155 Å². The zero-order valence-corrected chi connectivity index (χ0v) is 65.8. The first-order chi connectivity index (χ1) is 54.4. The van der Waals surface area contributed by atoms with Crippen molar-refractivity contribution in [3.63, 3.8) is 0 Å². The summed E-state index contributed by atoms with van der Waals surface area (Å²) in [5.74, 6) is 2.43. The van der Waals surface area contributed by atoms with E-state index in [1.165, 1.54) is 84.6 Å². The molecule has 10 aromatic rings. The lowest BCUT2D eigenvalue weighted by Gasteiger charge is -2.46. The third kappa shape index (κ3) is 26.7. The number of carbonyl (C=O) groups excluding carboxylic acids is 5. The number of aryl methyl sites for hydroxylation is 1. The van der Waals surface area contributed by atoms with Gasteiger partial charge in [-0.15, -0.1) is 22.7 Å². The molecule has 2 aromatic heterocycles. The first-order valence-corrected chi connectivity index (χ1v) is 39.5. The molecule has 4 aliphatic heterocycles. The number of amides is 3. The topological polar surface area (TPSA) is 200 Å². The predicted octanol–water partition coefficient (Wildman–Crippen LogP) is 18.8. The fourth-order valence-corrected chi connectivity index (χ4v) is 14.7. The number of nitrogens with one attached hydrogen (secondary N) is 1. The quantitative estimate of drug-likeness (QED) is 0.0338. The molecule has 114 heavy (non-hydrogen) atoms. The van der Waals surface area contributed by atoms with Crippen LogP contribution in [0.3, 0.4) is 0 Å². The van der Waals surface area contributed by atoms with Crippen LogP contribution in [0.5, 0.6) is 5.75 Å². The highest BCUT2D eigenvalue weighted by molar-refractivity contribution is 9.08. The van der Waals surface area contributed by atoms with Gasteiger partial charge in [0, 0.05) is 84.4 Å². The number of ketones is 2. The number of carboxylic acid groups (broad SMARTS) is 1. The Labute approximate surface area is 672 Å². The lowest BCUT2D eigenvalue weighted by atomic mass is 9.79. The number of aromatic carboxylic acids is 1. The first-order valence-electron chi connectivity index (χ1n) is 36.6. The number of carboxylic acids is 1. The van der Waals surface area contributed by atoms with Crippen LogP contribution in [0.1, 0.15) is 162 Å². The number of halogens is 10. The highest BCUT2D eigenvalue weighted by atomic mass is 79.9. The summed E-state index contributed by atoms with van der Waals surface area (Å²) in [7, 11) is 0.675. The molecule has 0 aliphatic carbocycles. The van der Waals surface area contributed by atoms with Crippen LogP contribution in [0.15, 0.2) is 217 Å². The average Bonchev–Trinajstić information content (AvgIpc) is 0.987. The number of nitrogens with zero attached hydrogens (tertiary/aromatic N) is 5. The number of thiazole rings is 2. The molecule has 3 N–H and O–H groups in total. The van der Waals surface area contributed by atoms with Gasteiger partial charge in [0.1, 0.15) is 5.75 Å². The number of hydrogen-bond donors (Lipinski definition) is 3. The fraction of sp³-hybridized carbons (Fsp3) is 0.302. The summed E-state index contributed by atoms with van der Waals surface area (Å²) in [6.07, 6.45) is -4.41. The van der Waals surface area contributed by atoms with Gasteiger partial charge < -0.3 is 34.8 Å². The number of alkyl halides is 10. The summed E-state index contributed by atoms with van der Waals surface area (Å²) in [5, 5.41) is 26.0. The Morgan fingerprint density at radius 2 is 0.833 bits per heavy atom. The predicted molar refractivity (Wildman–Crippen MR) is 425 cm³/mol. The normalized spacial score (nSPS) is 14.5. The highest BCUT2D eigenvalue weighted by Gasteiger charge is 2.39. The van der Waals surface area contributed by atoms with E-state index in [1.54, 1.807) is 104 Å². The summed E-state index contributed by atoms with van der Waals surface area (Å²) < 4.78 is 119. The fourth-order valence-electron chi connectivity index (χ4n) is 13.1. The number of Topliss-reactive ketones (excluding diaryl/α,β-unsaturated/α-hetero) is 2. The first kappa shape index (κ1) is 87.8. The number of benzene rings is 8. The minimum absolute atomic E-state index is 0.00497. The molecule has 6 heterocycles. The third-order valence-electron chi connectivity index (χ3n) is 19.7. The Balaban J connectivity index is 0.000000166. The van der Waals surface area contributed by atoms with E-state index in [9.17, 15) is 68.3 Å². The van der Waals surface area contributed by atoms with Crippen LogP contribution in [0.25, 0.3) is 0 Å². The molecule has 14 rings (SSSR count). The largest absolute Gasteiger partial charge is 0.569 e. The Bertz CT molecular complexity index is 4650. The van der Waals surface area contributed by atoms with E-state index in [0.717, 1.165) is 140 Å². The summed E-state index contributed by atoms with van der Waals surface area (Å²) in [4.78, 5) is 84.0. The van der Waals surface area contributed by atoms with Crippen LogP contribution < -0.4 is 9.97 Å². The van der Waals surface area contributed by atoms with E-state index in [1.807, 2.05) is 74.8 Å². The summed E-state index contributed by atoms with van der Waals surface area (Å²) in [6.45, 7) is 12.0. The van der Waals surface area contributed by atoms with E-state index < -0.39 is 41.2 Å². The molecule has 8 aromatic carbocycles. The van der Waals surface area contributed by atoms with Crippen LogP contribution in [-0.2, 0) is 43.1 Å². The highest BCUT2D eigenvalue weighted by Crippen LogP contribution is 2.36. The van der Waals surface area contributed by atoms with E-state index in [0.29, 0.717) is 82.4 Å². The monoisotopic (exact) mass is 1670 g/mol. The molecule has 28 heteroatoms. The number of likely N-dealkylation sites (tertiary alicyclic amines) is 3. The van der Waals surface area contributed by atoms with E-state index >= 15 is 0 Å². The van der Waals surface area contributed by atoms with Gasteiger partial charge in [-0.2, -0.15) is 39.5 Å². The maximum atomic E-state index is 13.0. The molecule has 0 atom stereocenters. The number of hydrogen-bond acceptors (Lipinski definition) is 13. The van der Waals surface area contributed by atoms with Crippen LogP contribution in [0, 0.1) is 30.6 Å². The van der Waals surface area contributed by atoms with Crippen molar-refractivity contribution in [1.29, 1.82) is 0 Å². The molecule has 1 radical (unpaired) electrons. The summed E-state index contributed by atoms with van der Waals surface area (Å²) >= 11 is 6.13. The number of aromatic nitrogens is 2. The molecule has 15 nitrogen and oxygen atoms in total. The Morgan fingerprint density at radius 3 is 1.16 bits per heavy atom. The molecule has 3 amide bonds. The van der Waals surface area contributed by atoms with Crippen molar-refractivity contribution in [2.75, 3.05) is 52.4 Å². The van der Waals surface area contributed by atoms with E-state index in [-0.39, 0.29) is 34.9 Å². The van der Waals surface area contributed by atoms with Crippen molar-refractivity contribution in [2.24, 2.45) is 23.7 Å². The second-order valence-corrected chi connectivity index (χ2v) is 30.2.